The van der Waals surface area contributed by atoms with Crippen molar-refractivity contribution in [3.05, 3.63) is 53.4 Å². The molecule has 1 aliphatic heterocycles. The average Bonchev–Trinajstić information content (AvgIpc) is 3.27. The zero-order chi connectivity index (χ0) is 22.7. The number of nitrogens with two attached hydrogens (primary N) is 1. The van der Waals surface area contributed by atoms with Crippen molar-refractivity contribution in [3.8, 4) is 0 Å². The zero-order valence-corrected chi connectivity index (χ0v) is 19.4. The Morgan fingerprint density at radius 2 is 1.91 bits per heavy atom. The molecule has 1 atom stereocenters. The third-order valence-corrected chi connectivity index (χ3v) is 6.60. The van der Waals surface area contributed by atoms with Gasteiger partial charge in [-0.1, -0.05) is 37.6 Å². The third-order valence-electron chi connectivity index (χ3n) is 6.35. The Morgan fingerprint density at radius 3 is 2.59 bits per heavy atom. The van der Waals surface area contributed by atoms with E-state index in [0.717, 1.165) is 35.3 Å². The van der Waals surface area contributed by atoms with Gasteiger partial charge in [0.15, 0.2) is 0 Å². The smallest absolute Gasteiger partial charge is 0.240 e. The first-order valence-corrected chi connectivity index (χ1v) is 11.6. The van der Waals surface area contributed by atoms with Crippen molar-refractivity contribution >= 4 is 34.4 Å². The highest BCUT2D eigenvalue weighted by atomic mass is 35.5. The molecule has 0 spiro atoms. The van der Waals surface area contributed by atoms with Gasteiger partial charge in [0.2, 0.25) is 5.91 Å². The monoisotopic (exact) mass is 454 g/mol. The lowest BCUT2D eigenvalue weighted by atomic mass is 9.86. The van der Waals surface area contributed by atoms with Crippen LogP contribution in [0.15, 0.2) is 42.9 Å². The highest BCUT2D eigenvalue weighted by molar-refractivity contribution is 6.30. The molecule has 1 saturated heterocycles. The van der Waals surface area contributed by atoms with E-state index in [2.05, 4.69) is 39.0 Å². The molecule has 32 heavy (non-hydrogen) atoms. The molecule has 3 aromatic rings. The number of nitrogens with zero attached hydrogens (tertiary/aromatic N) is 3. The Labute approximate surface area is 193 Å². The Kier molecular flexibility index (Phi) is 6.67. The fourth-order valence-electron chi connectivity index (χ4n) is 4.27. The number of halogens is 1. The molecule has 8 heteroatoms. The van der Waals surface area contributed by atoms with E-state index in [0.29, 0.717) is 36.9 Å². The van der Waals surface area contributed by atoms with E-state index in [9.17, 15) is 4.79 Å². The van der Waals surface area contributed by atoms with Crippen LogP contribution in [0, 0.1) is 5.92 Å². The summed E-state index contributed by atoms with van der Waals surface area (Å²) in [6.07, 6.45) is 6.43. The van der Waals surface area contributed by atoms with Gasteiger partial charge in [-0.05, 0) is 55.4 Å². The number of hydrogen-bond acceptors (Lipinski definition) is 5. The first-order valence-electron chi connectivity index (χ1n) is 11.2. The normalized spacial score (nSPS) is 17.0. The molecule has 1 amide bonds. The Morgan fingerprint density at radius 1 is 1.19 bits per heavy atom. The van der Waals surface area contributed by atoms with E-state index in [4.69, 9.17) is 17.3 Å². The van der Waals surface area contributed by atoms with Crippen molar-refractivity contribution < 1.29 is 4.79 Å². The summed E-state index contributed by atoms with van der Waals surface area (Å²) in [5, 5.41) is 4.91. The summed E-state index contributed by atoms with van der Waals surface area (Å²) < 4.78 is 0. The van der Waals surface area contributed by atoms with Gasteiger partial charge in [0.1, 0.15) is 17.8 Å². The molecular weight excluding hydrogens is 424 g/mol. The number of carbonyl (C=O) groups excluding carboxylic acids is 1. The van der Waals surface area contributed by atoms with Gasteiger partial charge >= 0.3 is 0 Å². The summed E-state index contributed by atoms with van der Waals surface area (Å²) in [6, 6.07) is 9.60. The number of amides is 1. The Balaban J connectivity index is 1.44. The van der Waals surface area contributed by atoms with Crippen LogP contribution in [0.1, 0.15) is 51.1 Å². The van der Waals surface area contributed by atoms with Crippen molar-refractivity contribution in [3.63, 3.8) is 0 Å². The van der Waals surface area contributed by atoms with Gasteiger partial charge in [-0.2, -0.15) is 0 Å². The summed E-state index contributed by atoms with van der Waals surface area (Å²) in [5.41, 5.74) is 7.61. The molecule has 0 radical (unpaired) electrons. The van der Waals surface area contributed by atoms with Gasteiger partial charge in [-0.15, -0.1) is 0 Å². The van der Waals surface area contributed by atoms with Crippen LogP contribution in [-0.4, -0.2) is 39.5 Å². The van der Waals surface area contributed by atoms with E-state index in [1.165, 1.54) is 0 Å². The standard InChI is InChI=1S/C24H31ClN6O/c1-16(2)3-8-20(17-4-6-18(25)7-5-17)30-23(32)24(26)10-13-31(14-11-24)22-19-9-12-27-21(19)28-15-29-22/h4-7,9,12,15-16,20H,3,8,10-11,13-14,26H2,1-2H3,(H,30,32)(H,27,28,29). The molecule has 1 fully saturated rings. The molecule has 2 aromatic heterocycles. The van der Waals surface area contributed by atoms with Crippen molar-refractivity contribution in [1.29, 1.82) is 0 Å². The molecule has 170 valence electrons. The number of aromatic amines is 1. The molecule has 4 N–H and O–H groups in total. The molecule has 3 heterocycles. The minimum Gasteiger partial charge on any atom is -0.356 e. The first-order chi connectivity index (χ1) is 15.4. The molecule has 4 rings (SSSR count). The van der Waals surface area contributed by atoms with Gasteiger partial charge in [-0.3, -0.25) is 4.79 Å². The second-order valence-corrected chi connectivity index (χ2v) is 9.57. The first kappa shape index (κ1) is 22.6. The number of hydrogen-bond donors (Lipinski definition) is 3. The predicted octanol–water partition coefficient (Wildman–Crippen LogP) is 4.20. The van der Waals surface area contributed by atoms with Crippen LogP contribution in [0.5, 0.6) is 0 Å². The van der Waals surface area contributed by atoms with Crippen molar-refractivity contribution in [2.45, 2.75) is 51.1 Å². The summed E-state index contributed by atoms with van der Waals surface area (Å²) in [5.74, 6) is 1.35. The van der Waals surface area contributed by atoms with Crippen molar-refractivity contribution in [2.24, 2.45) is 11.7 Å². The van der Waals surface area contributed by atoms with Crippen LogP contribution in [0.4, 0.5) is 5.82 Å². The topological polar surface area (TPSA) is 99.9 Å². The maximum absolute atomic E-state index is 13.3. The Hall–Kier alpha value is -2.64. The lowest BCUT2D eigenvalue weighted by Gasteiger charge is -2.39. The number of benzene rings is 1. The van der Waals surface area contributed by atoms with E-state index in [1.54, 1.807) is 6.33 Å². The van der Waals surface area contributed by atoms with E-state index < -0.39 is 5.54 Å². The lowest BCUT2D eigenvalue weighted by molar-refractivity contribution is -0.128. The van der Waals surface area contributed by atoms with Gasteiger partial charge in [0.25, 0.3) is 0 Å². The molecule has 1 unspecified atom stereocenters. The highest BCUT2D eigenvalue weighted by Crippen LogP contribution is 2.29. The third kappa shape index (κ3) is 4.89. The van der Waals surface area contributed by atoms with Gasteiger partial charge < -0.3 is 20.9 Å². The quantitative estimate of drug-likeness (QED) is 0.496. The SMILES string of the molecule is CC(C)CCC(NC(=O)C1(N)CCN(c2ncnc3[nH]ccc23)CC1)c1ccc(Cl)cc1. The largest absolute Gasteiger partial charge is 0.356 e. The fourth-order valence-corrected chi connectivity index (χ4v) is 4.40. The number of fused-ring (bicyclic) bond motifs is 1. The second-order valence-electron chi connectivity index (χ2n) is 9.13. The molecule has 0 bridgehead atoms. The van der Waals surface area contributed by atoms with Crippen molar-refractivity contribution in [2.75, 3.05) is 18.0 Å². The number of nitrogens with one attached hydrogen (secondary N) is 2. The maximum Gasteiger partial charge on any atom is 0.240 e. The van der Waals surface area contributed by atoms with Crippen LogP contribution in [0.3, 0.4) is 0 Å². The lowest BCUT2D eigenvalue weighted by Crippen LogP contribution is -2.60. The number of rotatable bonds is 7. The van der Waals surface area contributed by atoms with E-state index in [-0.39, 0.29) is 11.9 Å². The minimum atomic E-state index is -0.900. The van der Waals surface area contributed by atoms with Crippen LogP contribution in [-0.2, 0) is 4.79 Å². The van der Waals surface area contributed by atoms with Crippen LogP contribution in [0.25, 0.3) is 11.0 Å². The maximum atomic E-state index is 13.3. The highest BCUT2D eigenvalue weighted by Gasteiger charge is 2.39. The van der Waals surface area contributed by atoms with Gasteiger partial charge in [0.05, 0.1) is 17.0 Å². The van der Waals surface area contributed by atoms with Crippen LogP contribution < -0.4 is 16.0 Å². The fraction of sp³-hybridized carbons (Fsp3) is 0.458. The number of carbonyl (C=O) groups is 1. The number of H-pyrrole nitrogens is 1. The number of piperidine rings is 1. The van der Waals surface area contributed by atoms with Crippen LogP contribution >= 0.6 is 11.6 Å². The van der Waals surface area contributed by atoms with Gasteiger partial charge in [0, 0.05) is 24.3 Å². The van der Waals surface area contributed by atoms with Crippen molar-refractivity contribution in [1.82, 2.24) is 20.3 Å². The summed E-state index contributed by atoms with van der Waals surface area (Å²) in [7, 11) is 0. The number of aromatic nitrogens is 3. The van der Waals surface area contributed by atoms with Gasteiger partial charge in [-0.25, -0.2) is 9.97 Å². The number of anilines is 1. The molecule has 7 nitrogen and oxygen atoms in total. The Bertz CT molecular complexity index is 1060. The molecular formula is C24H31ClN6O. The molecule has 0 aliphatic carbocycles. The summed E-state index contributed by atoms with van der Waals surface area (Å²) in [6.45, 7) is 5.71. The van der Waals surface area contributed by atoms with Crippen LogP contribution in [0.2, 0.25) is 5.02 Å². The molecule has 1 aromatic carbocycles. The summed E-state index contributed by atoms with van der Waals surface area (Å²) in [4.78, 5) is 27.4. The molecule has 0 saturated carbocycles. The second kappa shape index (κ2) is 9.46. The average molecular weight is 455 g/mol. The van der Waals surface area contributed by atoms with E-state index in [1.807, 2.05) is 36.5 Å². The summed E-state index contributed by atoms with van der Waals surface area (Å²) >= 11 is 6.06. The zero-order valence-electron chi connectivity index (χ0n) is 18.6. The molecule has 1 aliphatic rings. The van der Waals surface area contributed by atoms with E-state index >= 15 is 0 Å². The minimum absolute atomic E-state index is 0.0815. The predicted molar refractivity (Wildman–Crippen MR) is 129 cm³/mol.